The molecule has 1 aliphatic rings. The number of aromatic nitrogens is 1. The summed E-state index contributed by atoms with van der Waals surface area (Å²) in [6.45, 7) is 8.25. The average Bonchev–Trinajstić information content (AvgIpc) is 3.32. The minimum atomic E-state index is -0.154. The quantitative estimate of drug-likeness (QED) is 0.577. The first kappa shape index (κ1) is 20.7. The van der Waals surface area contributed by atoms with Crippen molar-refractivity contribution >= 4 is 23.1 Å². The van der Waals surface area contributed by atoms with Gasteiger partial charge in [0.05, 0.1) is 6.04 Å². The lowest BCUT2D eigenvalue weighted by atomic mass is 9.96. The fourth-order valence-electron chi connectivity index (χ4n) is 4.31. The Hall–Kier alpha value is -2.57. The number of nitrogens with zero attached hydrogens (tertiary/aromatic N) is 2. The number of hydrogen-bond acceptors (Lipinski definition) is 3. The maximum absolute atomic E-state index is 12.9. The Bertz CT molecular complexity index is 1020. The van der Waals surface area contributed by atoms with Gasteiger partial charge in [0, 0.05) is 41.6 Å². The van der Waals surface area contributed by atoms with E-state index >= 15 is 0 Å². The van der Waals surface area contributed by atoms with Crippen molar-refractivity contribution in [2.24, 2.45) is 0 Å². The van der Waals surface area contributed by atoms with Crippen molar-refractivity contribution in [2.75, 3.05) is 18.9 Å². The zero-order chi connectivity index (χ0) is 21.3. The van der Waals surface area contributed by atoms with Crippen LogP contribution in [0.2, 0.25) is 0 Å². The molecule has 1 atom stereocenters. The van der Waals surface area contributed by atoms with E-state index in [0.717, 1.165) is 42.7 Å². The second-order valence-corrected chi connectivity index (χ2v) is 9.32. The highest BCUT2D eigenvalue weighted by atomic mass is 32.1. The minimum Gasteiger partial charge on any atom is -0.331 e. The molecule has 0 radical (unpaired) electrons. The number of carbonyl (C=O) groups excluding carboxylic acids is 1. The van der Waals surface area contributed by atoms with Crippen LogP contribution in [0.3, 0.4) is 0 Å². The summed E-state index contributed by atoms with van der Waals surface area (Å²) in [6, 6.07) is 10.0. The number of fused-ring (bicyclic) bond motifs is 1. The maximum atomic E-state index is 12.9. The number of nitrogens with one attached hydrogen (secondary N) is 2. The number of anilines is 1. The highest BCUT2D eigenvalue weighted by molar-refractivity contribution is 7.15. The normalized spacial score (nSPS) is 14.9. The number of carbonyl (C=O) groups is 1. The third-order valence-electron chi connectivity index (χ3n) is 5.65. The molecule has 3 aromatic rings. The molecule has 1 aliphatic heterocycles. The second-order valence-electron chi connectivity index (χ2n) is 8.24. The predicted molar refractivity (Wildman–Crippen MR) is 125 cm³/mol. The topological polar surface area (TPSA) is 49.3 Å². The highest BCUT2D eigenvalue weighted by Gasteiger charge is 2.28. The molecule has 0 aliphatic carbocycles. The first-order valence-electron chi connectivity index (χ1n) is 10.6. The van der Waals surface area contributed by atoms with E-state index in [-0.39, 0.29) is 12.1 Å². The van der Waals surface area contributed by atoms with E-state index in [2.05, 4.69) is 64.7 Å². The summed E-state index contributed by atoms with van der Waals surface area (Å²) in [5.41, 5.74) is 5.81. The van der Waals surface area contributed by atoms with Gasteiger partial charge in [-0.05, 0) is 74.7 Å². The van der Waals surface area contributed by atoms with Crippen molar-refractivity contribution in [1.29, 1.82) is 0 Å². The highest BCUT2D eigenvalue weighted by Crippen LogP contribution is 2.40. The number of urea groups is 1. The fourth-order valence-corrected chi connectivity index (χ4v) is 5.77. The summed E-state index contributed by atoms with van der Waals surface area (Å²) in [4.78, 5) is 16.7. The van der Waals surface area contributed by atoms with Gasteiger partial charge < -0.3 is 20.1 Å². The van der Waals surface area contributed by atoms with E-state index in [9.17, 15) is 4.79 Å². The summed E-state index contributed by atoms with van der Waals surface area (Å²) >= 11 is 1.85. The van der Waals surface area contributed by atoms with Crippen LogP contribution in [0.5, 0.6) is 0 Å². The van der Waals surface area contributed by atoms with Gasteiger partial charge in [0.2, 0.25) is 0 Å². The van der Waals surface area contributed by atoms with Crippen LogP contribution < -0.4 is 10.6 Å². The Morgan fingerprint density at radius 2 is 1.87 bits per heavy atom. The van der Waals surface area contributed by atoms with Crippen LogP contribution in [-0.2, 0) is 13.0 Å². The predicted octanol–water partition coefficient (Wildman–Crippen LogP) is 5.42. The molecule has 4 rings (SSSR count). The summed E-state index contributed by atoms with van der Waals surface area (Å²) in [5.74, 6) is 0. The Morgan fingerprint density at radius 1 is 1.17 bits per heavy atom. The zero-order valence-corrected chi connectivity index (χ0v) is 19.0. The van der Waals surface area contributed by atoms with Crippen molar-refractivity contribution in [3.8, 4) is 5.00 Å². The molecule has 3 heterocycles. The standard InChI is InChI=1S/C24H30N4OS/c1-5-20(26-24(29)25-18-13-16(2)12-17(3)14-18)22-19-8-11-27(4)15-21(19)30-23(22)28-9-6-7-10-28/h6-7,9-10,12-14,20H,5,8,11,15H2,1-4H3,(H2,25,26,29). The minimum absolute atomic E-state index is 0.0308. The van der Waals surface area contributed by atoms with Gasteiger partial charge >= 0.3 is 6.03 Å². The van der Waals surface area contributed by atoms with Crippen molar-refractivity contribution in [2.45, 2.75) is 46.2 Å². The monoisotopic (exact) mass is 422 g/mol. The first-order chi connectivity index (χ1) is 14.4. The lowest BCUT2D eigenvalue weighted by molar-refractivity contribution is 0.248. The number of likely N-dealkylation sites (N-methyl/N-ethyl adjacent to an activating group) is 1. The summed E-state index contributed by atoms with van der Waals surface area (Å²) in [5, 5.41) is 7.50. The molecule has 30 heavy (non-hydrogen) atoms. The van der Waals surface area contributed by atoms with Gasteiger partial charge in [-0.1, -0.05) is 13.0 Å². The number of benzene rings is 1. The van der Waals surface area contributed by atoms with Crippen LogP contribution in [0.4, 0.5) is 10.5 Å². The molecule has 2 N–H and O–H groups in total. The van der Waals surface area contributed by atoms with E-state index in [1.165, 1.54) is 21.0 Å². The number of amides is 2. The van der Waals surface area contributed by atoms with E-state index in [4.69, 9.17) is 0 Å². The van der Waals surface area contributed by atoms with Crippen molar-refractivity contribution in [1.82, 2.24) is 14.8 Å². The number of aryl methyl sites for hydroxylation is 2. The Kier molecular flexibility index (Phi) is 5.97. The number of rotatable bonds is 5. The average molecular weight is 423 g/mol. The molecule has 5 nitrogen and oxygen atoms in total. The van der Waals surface area contributed by atoms with Gasteiger partial charge in [-0.3, -0.25) is 0 Å². The van der Waals surface area contributed by atoms with E-state index < -0.39 is 0 Å². The molecule has 1 aromatic carbocycles. The fraction of sp³-hybridized carbons (Fsp3) is 0.375. The third-order valence-corrected chi connectivity index (χ3v) is 6.90. The molecule has 6 heteroatoms. The molecule has 0 saturated heterocycles. The van der Waals surface area contributed by atoms with Crippen LogP contribution in [0, 0.1) is 13.8 Å². The summed E-state index contributed by atoms with van der Waals surface area (Å²) in [7, 11) is 2.17. The van der Waals surface area contributed by atoms with E-state index in [1.54, 1.807) is 0 Å². The molecule has 0 bridgehead atoms. The van der Waals surface area contributed by atoms with Crippen LogP contribution in [0.1, 0.15) is 46.5 Å². The Balaban J connectivity index is 1.63. The van der Waals surface area contributed by atoms with Crippen LogP contribution in [0.25, 0.3) is 5.00 Å². The van der Waals surface area contributed by atoms with Crippen LogP contribution >= 0.6 is 11.3 Å². The molecular formula is C24H30N4OS. The molecule has 1 unspecified atom stereocenters. The Morgan fingerprint density at radius 3 is 2.53 bits per heavy atom. The Labute approximate surface area is 182 Å². The second kappa shape index (κ2) is 8.66. The molecule has 2 amide bonds. The third kappa shape index (κ3) is 4.30. The van der Waals surface area contributed by atoms with E-state index in [1.807, 2.05) is 37.3 Å². The SMILES string of the molecule is CCC(NC(=O)Nc1cc(C)cc(C)c1)c1c(-n2cccc2)sc2c1CCN(C)C2. The number of hydrogen-bond donors (Lipinski definition) is 2. The van der Waals surface area contributed by atoms with Gasteiger partial charge in [0.1, 0.15) is 5.00 Å². The summed E-state index contributed by atoms with van der Waals surface area (Å²) < 4.78 is 2.19. The van der Waals surface area contributed by atoms with Crippen molar-refractivity contribution < 1.29 is 4.79 Å². The van der Waals surface area contributed by atoms with Crippen molar-refractivity contribution in [3.63, 3.8) is 0 Å². The lowest BCUT2D eigenvalue weighted by Crippen LogP contribution is -2.34. The smallest absolute Gasteiger partial charge is 0.319 e. The molecular weight excluding hydrogens is 392 g/mol. The molecule has 158 valence electrons. The molecule has 0 fully saturated rings. The van der Waals surface area contributed by atoms with E-state index in [0.29, 0.717) is 0 Å². The maximum Gasteiger partial charge on any atom is 0.319 e. The lowest BCUT2D eigenvalue weighted by Gasteiger charge is -2.25. The van der Waals surface area contributed by atoms with Gasteiger partial charge in [-0.15, -0.1) is 11.3 Å². The van der Waals surface area contributed by atoms with Crippen LogP contribution in [-0.4, -0.2) is 29.1 Å². The molecule has 0 saturated carbocycles. The van der Waals surface area contributed by atoms with Gasteiger partial charge in [-0.2, -0.15) is 0 Å². The van der Waals surface area contributed by atoms with Gasteiger partial charge in [0.25, 0.3) is 0 Å². The zero-order valence-electron chi connectivity index (χ0n) is 18.2. The van der Waals surface area contributed by atoms with Crippen molar-refractivity contribution in [3.05, 3.63) is 69.9 Å². The largest absolute Gasteiger partial charge is 0.331 e. The molecule has 0 spiro atoms. The molecule has 2 aromatic heterocycles. The van der Waals surface area contributed by atoms with Gasteiger partial charge in [0.15, 0.2) is 0 Å². The van der Waals surface area contributed by atoms with Crippen LogP contribution in [0.15, 0.2) is 42.7 Å². The summed E-state index contributed by atoms with van der Waals surface area (Å²) in [6.07, 6.45) is 6.04. The number of thiophene rings is 1. The van der Waals surface area contributed by atoms with Gasteiger partial charge in [-0.25, -0.2) is 4.79 Å². The first-order valence-corrected chi connectivity index (χ1v) is 11.4.